The first-order valence-corrected chi connectivity index (χ1v) is 8.63. The van der Waals surface area contributed by atoms with Crippen molar-refractivity contribution in [1.29, 1.82) is 0 Å². The summed E-state index contributed by atoms with van der Waals surface area (Å²) in [5, 5.41) is 0. The zero-order valence-electron chi connectivity index (χ0n) is 14.3. The average molecular weight is 337 g/mol. The quantitative estimate of drug-likeness (QED) is 0.260. The molecule has 0 heterocycles. The van der Waals surface area contributed by atoms with Crippen molar-refractivity contribution < 1.29 is 32.5 Å². The maximum atomic E-state index is 11.7. The molecular formula is C14H28NO6P. The molecule has 0 aromatic heterocycles. The highest BCUT2D eigenvalue weighted by Gasteiger charge is 2.27. The van der Waals surface area contributed by atoms with Crippen molar-refractivity contribution >= 4 is 13.8 Å². The number of rotatable bonds is 10. The monoisotopic (exact) mass is 337 g/mol. The summed E-state index contributed by atoms with van der Waals surface area (Å²) in [6.45, 7) is 8.75. The topological polar surface area (TPSA) is 84.9 Å². The van der Waals surface area contributed by atoms with Gasteiger partial charge in [-0.15, -0.1) is 0 Å². The van der Waals surface area contributed by atoms with Crippen molar-refractivity contribution in [2.75, 3.05) is 34.3 Å². The molecule has 8 heteroatoms. The van der Waals surface area contributed by atoms with Crippen LogP contribution in [0.5, 0.6) is 0 Å². The Labute approximate surface area is 133 Å². The largest absolute Gasteiger partial charge is 0.756 e. The van der Waals surface area contributed by atoms with Gasteiger partial charge in [0, 0.05) is 12.0 Å². The van der Waals surface area contributed by atoms with Crippen LogP contribution in [0.3, 0.4) is 0 Å². The number of hydrogen-bond acceptors (Lipinski definition) is 6. The third-order valence-electron chi connectivity index (χ3n) is 2.57. The molecule has 0 amide bonds. The molecule has 0 radical (unpaired) electrons. The maximum Gasteiger partial charge on any atom is 0.333 e. The molecule has 0 aliphatic heterocycles. The fourth-order valence-electron chi connectivity index (χ4n) is 1.83. The van der Waals surface area contributed by atoms with Crippen LogP contribution >= 0.6 is 7.82 Å². The highest BCUT2D eigenvalue weighted by atomic mass is 31.2. The van der Waals surface area contributed by atoms with E-state index in [2.05, 4.69) is 11.1 Å². The minimum absolute atomic E-state index is 0.0120. The van der Waals surface area contributed by atoms with E-state index in [0.717, 1.165) is 0 Å². The minimum atomic E-state index is -4.36. The fraction of sp³-hybridized carbons (Fsp3) is 0.786. The van der Waals surface area contributed by atoms with E-state index in [0.29, 0.717) is 16.6 Å². The van der Waals surface area contributed by atoms with Crippen molar-refractivity contribution in [3.63, 3.8) is 0 Å². The smallest absolute Gasteiger partial charge is 0.333 e. The van der Waals surface area contributed by atoms with Crippen molar-refractivity contribution in [2.45, 2.75) is 39.4 Å². The third-order valence-corrected chi connectivity index (χ3v) is 3.70. The fourth-order valence-corrected chi connectivity index (χ4v) is 2.73. The molecule has 0 aromatic carbocycles. The number of phosphoric acid groups is 1. The van der Waals surface area contributed by atoms with Crippen LogP contribution in [0.2, 0.25) is 0 Å². The van der Waals surface area contributed by atoms with Gasteiger partial charge in [0.2, 0.25) is 0 Å². The molecule has 0 N–H and O–H groups in total. The number of ether oxygens (including phenoxy) is 1. The Morgan fingerprint density at radius 3 is 2.32 bits per heavy atom. The summed E-state index contributed by atoms with van der Waals surface area (Å²) in [7, 11) is 1.38. The molecule has 130 valence electrons. The normalized spacial score (nSPS) is 17.4. The van der Waals surface area contributed by atoms with Gasteiger partial charge in [0.1, 0.15) is 18.8 Å². The van der Waals surface area contributed by atoms with Crippen molar-refractivity contribution in [3.05, 3.63) is 12.2 Å². The van der Waals surface area contributed by atoms with Crippen LogP contribution in [-0.2, 0) is 23.1 Å². The van der Waals surface area contributed by atoms with Crippen LogP contribution in [0.1, 0.15) is 27.2 Å². The summed E-state index contributed by atoms with van der Waals surface area (Å²) >= 11 is 0. The molecular weight excluding hydrogens is 309 g/mol. The Hall–Kier alpha value is -0.720. The van der Waals surface area contributed by atoms with Gasteiger partial charge in [0.25, 0.3) is 7.82 Å². The van der Waals surface area contributed by atoms with Crippen molar-refractivity contribution in [3.8, 4) is 0 Å². The Kier molecular flexibility index (Phi) is 8.51. The molecule has 0 saturated carbocycles. The molecule has 0 bridgehead atoms. The highest BCUT2D eigenvalue weighted by molar-refractivity contribution is 7.45. The van der Waals surface area contributed by atoms with Crippen molar-refractivity contribution in [2.24, 2.45) is 0 Å². The van der Waals surface area contributed by atoms with Gasteiger partial charge in [-0.2, -0.15) is 0 Å². The van der Waals surface area contributed by atoms with Gasteiger partial charge in [-0.1, -0.05) is 6.58 Å². The molecule has 0 rings (SSSR count). The molecule has 0 aliphatic carbocycles. The summed E-state index contributed by atoms with van der Waals surface area (Å²) in [4.78, 5) is 23.2. The van der Waals surface area contributed by atoms with Crippen LogP contribution in [0.4, 0.5) is 0 Å². The number of phosphoric ester groups is 1. The lowest BCUT2D eigenvalue weighted by Crippen LogP contribution is -2.43. The van der Waals surface area contributed by atoms with E-state index in [1.165, 1.54) is 0 Å². The second-order valence-corrected chi connectivity index (χ2v) is 7.66. The molecule has 3 atom stereocenters. The van der Waals surface area contributed by atoms with Crippen LogP contribution in [0.15, 0.2) is 12.2 Å². The van der Waals surface area contributed by atoms with E-state index in [1.54, 1.807) is 20.8 Å². The lowest BCUT2D eigenvalue weighted by Gasteiger charge is -2.33. The predicted octanol–water partition coefficient (Wildman–Crippen LogP) is 1.48. The lowest BCUT2D eigenvalue weighted by molar-refractivity contribution is -0.873. The SMILES string of the molecule is C=C(C)C(=O)OC(C)CC(C[N+](C)(C)C)OP(=O)([O-])OCC. The summed E-state index contributed by atoms with van der Waals surface area (Å²) < 4.78 is 27.1. The van der Waals surface area contributed by atoms with Crippen LogP contribution in [0, 0.1) is 0 Å². The predicted molar refractivity (Wildman–Crippen MR) is 82.0 cm³/mol. The first kappa shape index (κ1) is 21.3. The van der Waals surface area contributed by atoms with E-state index < -0.39 is 26.0 Å². The number of likely N-dealkylation sites (N-methyl/N-ethyl adjacent to an activating group) is 1. The Morgan fingerprint density at radius 2 is 1.91 bits per heavy atom. The average Bonchev–Trinajstić information content (AvgIpc) is 2.24. The van der Waals surface area contributed by atoms with Gasteiger partial charge in [0.15, 0.2) is 0 Å². The van der Waals surface area contributed by atoms with Gasteiger partial charge in [-0.3, -0.25) is 4.57 Å². The Morgan fingerprint density at radius 1 is 1.36 bits per heavy atom. The van der Waals surface area contributed by atoms with Gasteiger partial charge in [-0.05, 0) is 20.8 Å². The number of esters is 1. The number of hydrogen-bond donors (Lipinski definition) is 0. The summed E-state index contributed by atoms with van der Waals surface area (Å²) in [6, 6.07) is 0. The van der Waals surface area contributed by atoms with E-state index >= 15 is 0 Å². The van der Waals surface area contributed by atoms with E-state index in [1.807, 2.05) is 21.1 Å². The summed E-state index contributed by atoms with van der Waals surface area (Å²) in [5.41, 5.74) is 0.291. The lowest BCUT2D eigenvalue weighted by atomic mass is 10.1. The first-order chi connectivity index (χ1) is 9.86. The van der Waals surface area contributed by atoms with Gasteiger partial charge in [0.05, 0.1) is 27.7 Å². The third kappa shape index (κ3) is 10.1. The molecule has 0 spiro atoms. The van der Waals surface area contributed by atoms with E-state index in [-0.39, 0.29) is 13.0 Å². The molecule has 3 unspecified atom stereocenters. The zero-order valence-corrected chi connectivity index (χ0v) is 15.2. The molecule has 0 aliphatic rings. The summed E-state index contributed by atoms with van der Waals surface area (Å²) in [5.74, 6) is -0.508. The number of carbonyl (C=O) groups excluding carboxylic acids is 1. The molecule has 0 fully saturated rings. The number of quaternary nitrogens is 1. The van der Waals surface area contributed by atoms with Crippen LogP contribution < -0.4 is 4.89 Å². The van der Waals surface area contributed by atoms with Gasteiger partial charge in [-0.25, -0.2) is 4.79 Å². The molecule has 22 heavy (non-hydrogen) atoms. The molecule has 0 aromatic rings. The van der Waals surface area contributed by atoms with Crippen LogP contribution in [0.25, 0.3) is 0 Å². The van der Waals surface area contributed by atoms with Crippen LogP contribution in [-0.4, -0.2) is 57.0 Å². The number of carbonyl (C=O) groups is 1. The Balaban J connectivity index is 4.83. The first-order valence-electron chi connectivity index (χ1n) is 7.17. The van der Waals surface area contributed by atoms with E-state index in [4.69, 9.17) is 9.26 Å². The second-order valence-electron chi connectivity index (χ2n) is 6.30. The van der Waals surface area contributed by atoms with Gasteiger partial charge >= 0.3 is 5.97 Å². The molecule has 0 saturated heterocycles. The van der Waals surface area contributed by atoms with E-state index in [9.17, 15) is 14.3 Å². The standard InChI is InChI=1S/C14H28NO6P/c1-8-19-22(17,18)21-13(10-15(5,6)7)9-12(4)20-14(16)11(2)3/h12-13H,2,8-10H2,1,3-7H3. The molecule has 7 nitrogen and oxygen atoms in total. The minimum Gasteiger partial charge on any atom is -0.756 e. The summed E-state index contributed by atoms with van der Waals surface area (Å²) in [6.07, 6.45) is -0.904. The highest BCUT2D eigenvalue weighted by Crippen LogP contribution is 2.40. The number of nitrogens with zero attached hydrogens (tertiary/aromatic N) is 1. The second kappa shape index (κ2) is 8.79. The maximum absolute atomic E-state index is 11.7. The van der Waals surface area contributed by atoms with Crippen molar-refractivity contribution in [1.82, 2.24) is 0 Å². The van der Waals surface area contributed by atoms with Gasteiger partial charge < -0.3 is 23.2 Å². The zero-order chi connectivity index (χ0) is 17.6. The Bertz CT molecular complexity index is 432.